The predicted octanol–water partition coefficient (Wildman–Crippen LogP) is 2.12. The zero-order valence-electron chi connectivity index (χ0n) is 14.2. The van der Waals surface area contributed by atoms with Crippen molar-refractivity contribution in [3.63, 3.8) is 0 Å². The lowest BCUT2D eigenvalue weighted by molar-refractivity contribution is 0.242. The molecule has 2 aliphatic rings. The molecule has 3 heterocycles. The van der Waals surface area contributed by atoms with Crippen molar-refractivity contribution in [2.45, 2.75) is 31.8 Å². The summed E-state index contributed by atoms with van der Waals surface area (Å²) in [6, 6.07) is 8.33. The Morgan fingerprint density at radius 2 is 2.17 bits per heavy atom. The second-order valence-corrected chi connectivity index (χ2v) is 6.70. The second-order valence-electron chi connectivity index (χ2n) is 6.70. The molecular formula is C19H24N4O. The van der Waals surface area contributed by atoms with Crippen LogP contribution in [-0.4, -0.2) is 41.6 Å². The fourth-order valence-electron chi connectivity index (χ4n) is 3.59. The van der Waals surface area contributed by atoms with E-state index in [-0.39, 0.29) is 0 Å². The molecule has 1 N–H and O–H groups in total. The van der Waals surface area contributed by atoms with Gasteiger partial charge in [-0.15, -0.1) is 0 Å². The first kappa shape index (κ1) is 15.5. The van der Waals surface area contributed by atoms with Crippen molar-refractivity contribution in [2.75, 3.05) is 26.7 Å². The maximum absolute atomic E-state index is 5.22. The molecule has 0 aliphatic carbocycles. The zero-order chi connectivity index (χ0) is 16.4. The van der Waals surface area contributed by atoms with Gasteiger partial charge >= 0.3 is 0 Å². The zero-order valence-corrected chi connectivity index (χ0v) is 14.2. The van der Waals surface area contributed by atoms with E-state index in [1.165, 1.54) is 16.8 Å². The summed E-state index contributed by atoms with van der Waals surface area (Å²) in [7, 11) is 1.70. The van der Waals surface area contributed by atoms with Gasteiger partial charge in [-0.1, -0.05) is 12.1 Å². The number of nitrogens with one attached hydrogen (secondary N) is 1. The number of ether oxygens (including phenoxy) is 1. The Balaban J connectivity index is 1.43. The first-order valence-electron chi connectivity index (χ1n) is 8.72. The van der Waals surface area contributed by atoms with Crippen LogP contribution in [0.3, 0.4) is 0 Å². The minimum absolute atomic E-state index is 0.493. The van der Waals surface area contributed by atoms with Gasteiger partial charge in [0.1, 0.15) is 11.6 Å². The number of nitrogens with zero attached hydrogens (tertiary/aromatic N) is 3. The average Bonchev–Trinajstić information content (AvgIpc) is 3.17. The Morgan fingerprint density at radius 3 is 2.92 bits per heavy atom. The summed E-state index contributed by atoms with van der Waals surface area (Å²) < 4.78 is 5.22. The molecular weight excluding hydrogens is 300 g/mol. The predicted molar refractivity (Wildman–Crippen MR) is 93.1 cm³/mol. The fraction of sp³-hybridized carbons (Fsp3) is 0.474. The van der Waals surface area contributed by atoms with E-state index in [0.717, 1.165) is 57.1 Å². The Bertz CT molecular complexity index is 695. The van der Waals surface area contributed by atoms with E-state index in [9.17, 15) is 0 Å². The Kier molecular flexibility index (Phi) is 4.45. The Morgan fingerprint density at radius 1 is 1.29 bits per heavy atom. The second kappa shape index (κ2) is 6.87. The maximum atomic E-state index is 5.22. The monoisotopic (exact) mass is 324 g/mol. The van der Waals surface area contributed by atoms with Crippen LogP contribution in [0.25, 0.3) is 0 Å². The number of benzene rings is 1. The molecule has 5 heteroatoms. The highest BCUT2D eigenvalue weighted by atomic mass is 16.5. The van der Waals surface area contributed by atoms with Crippen LogP contribution in [0.5, 0.6) is 5.75 Å². The summed E-state index contributed by atoms with van der Waals surface area (Å²) in [6.45, 7) is 5.05. The molecule has 1 saturated heterocycles. The molecule has 1 atom stereocenters. The Hall–Kier alpha value is -1.98. The summed E-state index contributed by atoms with van der Waals surface area (Å²) in [5.74, 6) is 2.43. The molecule has 24 heavy (non-hydrogen) atoms. The van der Waals surface area contributed by atoms with Gasteiger partial charge in [0.15, 0.2) is 0 Å². The van der Waals surface area contributed by atoms with Gasteiger partial charge in [0, 0.05) is 56.0 Å². The van der Waals surface area contributed by atoms with E-state index in [1.54, 1.807) is 7.11 Å². The molecule has 0 unspecified atom stereocenters. The maximum Gasteiger partial charge on any atom is 0.132 e. The van der Waals surface area contributed by atoms with Crippen molar-refractivity contribution in [1.29, 1.82) is 0 Å². The number of fused-ring (bicyclic) bond motifs is 1. The highest BCUT2D eigenvalue weighted by Crippen LogP contribution is 2.23. The summed E-state index contributed by atoms with van der Waals surface area (Å²) >= 11 is 0. The van der Waals surface area contributed by atoms with E-state index in [0.29, 0.717) is 5.92 Å². The normalized spacial score (nSPS) is 20.8. The van der Waals surface area contributed by atoms with Crippen LogP contribution >= 0.6 is 0 Å². The van der Waals surface area contributed by atoms with Crippen LogP contribution < -0.4 is 10.1 Å². The molecule has 0 spiro atoms. The van der Waals surface area contributed by atoms with Crippen molar-refractivity contribution in [3.8, 4) is 5.75 Å². The molecule has 2 aliphatic heterocycles. The molecule has 1 aromatic heterocycles. The van der Waals surface area contributed by atoms with Gasteiger partial charge in [0.05, 0.1) is 7.11 Å². The first-order valence-corrected chi connectivity index (χ1v) is 8.72. The molecule has 2 aromatic rings. The molecule has 1 aromatic carbocycles. The molecule has 0 radical (unpaired) electrons. The third-order valence-electron chi connectivity index (χ3n) is 5.02. The van der Waals surface area contributed by atoms with E-state index < -0.39 is 0 Å². The largest absolute Gasteiger partial charge is 0.497 e. The lowest BCUT2D eigenvalue weighted by Crippen LogP contribution is -2.31. The van der Waals surface area contributed by atoms with Gasteiger partial charge in [-0.2, -0.15) is 0 Å². The molecule has 0 saturated carbocycles. The third-order valence-corrected chi connectivity index (χ3v) is 5.02. The summed E-state index contributed by atoms with van der Waals surface area (Å²) in [6.07, 6.45) is 4.22. The molecule has 1 fully saturated rings. The fourth-order valence-corrected chi connectivity index (χ4v) is 3.59. The van der Waals surface area contributed by atoms with Crippen molar-refractivity contribution < 1.29 is 4.74 Å². The minimum atomic E-state index is 0.493. The molecule has 0 amide bonds. The number of hydrogen-bond acceptors (Lipinski definition) is 5. The van der Waals surface area contributed by atoms with E-state index >= 15 is 0 Å². The van der Waals surface area contributed by atoms with Crippen LogP contribution in [0, 0.1) is 0 Å². The standard InChI is InChI=1S/C19H24N4O/c1-24-17-4-2-14(3-5-17)12-23-9-7-18-16(13-23)11-21-19(22-18)15-6-8-20-10-15/h2-5,11,15,20H,6-10,12-13H2,1H3/t15-/m1/s1. The van der Waals surface area contributed by atoms with Crippen LogP contribution in [0.2, 0.25) is 0 Å². The lowest BCUT2D eigenvalue weighted by atomic mass is 10.0. The van der Waals surface area contributed by atoms with E-state index in [4.69, 9.17) is 9.72 Å². The van der Waals surface area contributed by atoms with Crippen LogP contribution in [-0.2, 0) is 19.5 Å². The quantitative estimate of drug-likeness (QED) is 0.933. The minimum Gasteiger partial charge on any atom is -0.497 e. The van der Waals surface area contributed by atoms with Gasteiger partial charge in [-0.05, 0) is 30.7 Å². The van der Waals surface area contributed by atoms with Gasteiger partial charge in [0.25, 0.3) is 0 Å². The SMILES string of the molecule is COc1ccc(CN2CCc3nc([C@@H]4CCNC4)ncc3C2)cc1. The third kappa shape index (κ3) is 3.28. The summed E-state index contributed by atoms with van der Waals surface area (Å²) in [4.78, 5) is 12.0. The van der Waals surface area contributed by atoms with Crippen molar-refractivity contribution in [3.05, 3.63) is 53.1 Å². The first-order chi connectivity index (χ1) is 11.8. The number of hydrogen-bond donors (Lipinski definition) is 1. The van der Waals surface area contributed by atoms with Gasteiger partial charge in [-0.3, -0.25) is 4.90 Å². The van der Waals surface area contributed by atoms with Gasteiger partial charge in [-0.25, -0.2) is 9.97 Å². The average molecular weight is 324 g/mol. The van der Waals surface area contributed by atoms with Crippen molar-refractivity contribution >= 4 is 0 Å². The van der Waals surface area contributed by atoms with Gasteiger partial charge in [0.2, 0.25) is 0 Å². The summed E-state index contributed by atoms with van der Waals surface area (Å²) in [5, 5.41) is 3.40. The van der Waals surface area contributed by atoms with Crippen LogP contribution in [0.15, 0.2) is 30.5 Å². The van der Waals surface area contributed by atoms with Crippen molar-refractivity contribution in [1.82, 2.24) is 20.2 Å². The lowest BCUT2D eigenvalue weighted by Gasteiger charge is -2.28. The summed E-state index contributed by atoms with van der Waals surface area (Å²) in [5.41, 5.74) is 3.84. The Labute approximate surface area is 143 Å². The van der Waals surface area contributed by atoms with Gasteiger partial charge < -0.3 is 10.1 Å². The topological polar surface area (TPSA) is 50.3 Å². The highest BCUT2D eigenvalue weighted by Gasteiger charge is 2.23. The highest BCUT2D eigenvalue weighted by molar-refractivity contribution is 5.28. The molecule has 5 nitrogen and oxygen atoms in total. The van der Waals surface area contributed by atoms with Crippen LogP contribution in [0.1, 0.15) is 35.0 Å². The number of aromatic nitrogens is 2. The molecule has 0 bridgehead atoms. The molecule has 4 rings (SSSR count). The van der Waals surface area contributed by atoms with Crippen LogP contribution in [0.4, 0.5) is 0 Å². The number of rotatable bonds is 4. The van der Waals surface area contributed by atoms with E-state index in [1.807, 2.05) is 12.1 Å². The molecule has 126 valence electrons. The smallest absolute Gasteiger partial charge is 0.132 e. The number of methoxy groups -OCH3 is 1. The van der Waals surface area contributed by atoms with Crippen molar-refractivity contribution in [2.24, 2.45) is 0 Å². The van der Waals surface area contributed by atoms with E-state index in [2.05, 4.69) is 33.5 Å².